The van der Waals surface area contributed by atoms with E-state index in [0.29, 0.717) is 15.9 Å². The predicted octanol–water partition coefficient (Wildman–Crippen LogP) is 3.27. The lowest BCUT2D eigenvalue weighted by molar-refractivity contribution is -0.144. The van der Waals surface area contributed by atoms with Gasteiger partial charge in [0.25, 0.3) is 0 Å². The number of anilines is 2. The van der Waals surface area contributed by atoms with Crippen LogP contribution in [0.25, 0.3) is 0 Å². The Morgan fingerprint density at radius 3 is 2.45 bits per heavy atom. The lowest BCUT2D eigenvalue weighted by atomic mass is 10.1. The van der Waals surface area contributed by atoms with Crippen LogP contribution in [0, 0.1) is 0 Å². The van der Waals surface area contributed by atoms with Crippen molar-refractivity contribution in [1.82, 2.24) is 15.5 Å². The zero-order valence-corrected chi connectivity index (χ0v) is 17.3. The Balaban J connectivity index is 1.52. The Hall–Kier alpha value is -2.91. The highest BCUT2D eigenvalue weighted by Crippen LogP contribution is 2.27. The van der Waals surface area contributed by atoms with Crippen LogP contribution < -0.4 is 10.6 Å². The van der Waals surface area contributed by atoms with Gasteiger partial charge in [-0.1, -0.05) is 71.6 Å². The normalized spacial score (nSPS) is 11.5. The topological polar surface area (TPSA) is 93.2 Å². The van der Waals surface area contributed by atoms with Crippen LogP contribution in [0.3, 0.4) is 0 Å². The highest BCUT2D eigenvalue weighted by Gasteiger charge is 2.22. The van der Waals surface area contributed by atoms with E-state index in [1.807, 2.05) is 60.7 Å². The summed E-state index contributed by atoms with van der Waals surface area (Å²) < 4.78 is 5.48. The van der Waals surface area contributed by atoms with E-state index >= 15 is 0 Å². The molecule has 29 heavy (non-hydrogen) atoms. The van der Waals surface area contributed by atoms with Gasteiger partial charge in [-0.05, 0) is 17.7 Å². The first-order chi connectivity index (χ1) is 14.1. The molecule has 1 amide bonds. The van der Waals surface area contributed by atoms with Crippen LogP contribution in [0.4, 0.5) is 10.8 Å². The van der Waals surface area contributed by atoms with Crippen LogP contribution in [0.15, 0.2) is 65.0 Å². The Morgan fingerprint density at radius 1 is 1.07 bits per heavy atom. The summed E-state index contributed by atoms with van der Waals surface area (Å²) in [6, 6.07) is 18.4. The summed E-state index contributed by atoms with van der Waals surface area (Å²) in [5.41, 5.74) is 1.86. The summed E-state index contributed by atoms with van der Waals surface area (Å²) in [5, 5.41) is 14.7. The van der Waals surface area contributed by atoms with Gasteiger partial charge in [0.15, 0.2) is 4.34 Å². The molecule has 7 nitrogen and oxygen atoms in total. The molecule has 0 unspecified atom stereocenters. The second-order valence-corrected chi connectivity index (χ2v) is 8.19. The monoisotopic (exact) mass is 428 g/mol. The average Bonchev–Trinajstić information content (AvgIpc) is 3.20. The third-order valence-corrected chi connectivity index (χ3v) is 5.83. The Morgan fingerprint density at radius 2 is 1.76 bits per heavy atom. The summed E-state index contributed by atoms with van der Waals surface area (Å²) in [7, 11) is 1.31. The smallest absolute Gasteiger partial charge is 0.328 e. The SMILES string of the molecule is COC(=O)[C@H](Cc1ccccc1)NC(=O)CSc1nnc(Nc2ccccc2)s1. The number of amides is 1. The fourth-order valence-electron chi connectivity index (χ4n) is 2.51. The van der Waals surface area contributed by atoms with Gasteiger partial charge in [0.05, 0.1) is 12.9 Å². The van der Waals surface area contributed by atoms with Gasteiger partial charge in [-0.2, -0.15) is 0 Å². The maximum absolute atomic E-state index is 12.3. The van der Waals surface area contributed by atoms with Crippen molar-refractivity contribution >= 4 is 45.8 Å². The highest BCUT2D eigenvalue weighted by molar-refractivity contribution is 8.01. The molecule has 2 N–H and O–H groups in total. The number of hydrogen-bond acceptors (Lipinski definition) is 8. The minimum absolute atomic E-state index is 0.127. The highest BCUT2D eigenvalue weighted by atomic mass is 32.2. The van der Waals surface area contributed by atoms with Gasteiger partial charge in [-0.15, -0.1) is 10.2 Å². The van der Waals surface area contributed by atoms with Gasteiger partial charge in [-0.25, -0.2) is 4.79 Å². The number of carbonyl (C=O) groups is 2. The number of methoxy groups -OCH3 is 1. The molecule has 0 aliphatic heterocycles. The van der Waals surface area contributed by atoms with Crippen molar-refractivity contribution in [3.63, 3.8) is 0 Å². The first-order valence-electron chi connectivity index (χ1n) is 8.83. The molecule has 1 heterocycles. The summed E-state index contributed by atoms with van der Waals surface area (Å²) in [6.07, 6.45) is 0.369. The second-order valence-electron chi connectivity index (χ2n) is 5.99. The molecule has 3 rings (SSSR count). The van der Waals surface area contributed by atoms with Gasteiger partial charge in [0, 0.05) is 12.1 Å². The molecule has 9 heteroatoms. The fourth-order valence-corrected chi connectivity index (χ4v) is 4.10. The standard InChI is InChI=1S/C20H20N4O3S2/c1-27-18(26)16(12-14-8-4-2-5-9-14)22-17(25)13-28-20-24-23-19(29-20)21-15-10-6-3-7-11-15/h2-11,16H,12-13H2,1H3,(H,21,23)(H,22,25)/t16-/m0/s1. The lowest BCUT2D eigenvalue weighted by Crippen LogP contribution is -2.43. The maximum atomic E-state index is 12.3. The predicted molar refractivity (Wildman–Crippen MR) is 114 cm³/mol. The molecule has 0 radical (unpaired) electrons. The van der Waals surface area contributed by atoms with E-state index in [2.05, 4.69) is 20.8 Å². The number of rotatable bonds is 9. The summed E-state index contributed by atoms with van der Waals surface area (Å²) >= 11 is 2.63. The maximum Gasteiger partial charge on any atom is 0.328 e. The van der Waals surface area contributed by atoms with Crippen LogP contribution >= 0.6 is 23.1 Å². The Labute approximate surface area is 176 Å². The van der Waals surface area contributed by atoms with E-state index in [0.717, 1.165) is 11.3 Å². The van der Waals surface area contributed by atoms with Crippen molar-refractivity contribution < 1.29 is 14.3 Å². The Kier molecular flexibility index (Phi) is 7.60. The molecule has 0 spiro atoms. The van der Waals surface area contributed by atoms with E-state index in [4.69, 9.17) is 4.74 Å². The zero-order valence-electron chi connectivity index (χ0n) is 15.7. The number of nitrogens with one attached hydrogen (secondary N) is 2. The van der Waals surface area contributed by atoms with Gasteiger partial charge >= 0.3 is 5.97 Å². The number of benzene rings is 2. The van der Waals surface area contributed by atoms with Crippen molar-refractivity contribution in [3.05, 3.63) is 66.2 Å². The number of para-hydroxylation sites is 1. The van der Waals surface area contributed by atoms with Crippen molar-refractivity contribution in [1.29, 1.82) is 0 Å². The second kappa shape index (κ2) is 10.6. The van der Waals surface area contributed by atoms with Crippen LogP contribution in [0.5, 0.6) is 0 Å². The number of nitrogens with zero attached hydrogens (tertiary/aromatic N) is 2. The molecule has 150 valence electrons. The zero-order chi connectivity index (χ0) is 20.5. The summed E-state index contributed by atoms with van der Waals surface area (Å²) in [6.45, 7) is 0. The lowest BCUT2D eigenvalue weighted by Gasteiger charge is -2.16. The van der Waals surface area contributed by atoms with Crippen LogP contribution in [-0.2, 0) is 20.7 Å². The molecular formula is C20H20N4O3S2. The molecule has 1 aromatic heterocycles. The first-order valence-corrected chi connectivity index (χ1v) is 10.6. The number of esters is 1. The molecular weight excluding hydrogens is 408 g/mol. The van der Waals surface area contributed by atoms with E-state index in [9.17, 15) is 9.59 Å². The van der Waals surface area contributed by atoms with Crippen LogP contribution in [-0.4, -0.2) is 41.0 Å². The van der Waals surface area contributed by atoms with Gasteiger partial charge in [-0.3, -0.25) is 4.79 Å². The van der Waals surface area contributed by atoms with Crippen molar-refractivity contribution in [2.24, 2.45) is 0 Å². The first kappa shape index (κ1) is 20.8. The number of thioether (sulfide) groups is 1. The third kappa shape index (κ3) is 6.58. The Bertz CT molecular complexity index is 935. The van der Waals surface area contributed by atoms with Crippen molar-refractivity contribution in [3.8, 4) is 0 Å². The number of carbonyl (C=O) groups excluding carboxylic acids is 2. The third-order valence-electron chi connectivity index (χ3n) is 3.86. The number of hydrogen-bond donors (Lipinski definition) is 2. The molecule has 0 aliphatic carbocycles. The number of ether oxygens (including phenoxy) is 1. The largest absolute Gasteiger partial charge is 0.467 e. The van der Waals surface area contributed by atoms with Gasteiger partial charge in [0.2, 0.25) is 11.0 Å². The fraction of sp³-hybridized carbons (Fsp3) is 0.200. The molecule has 0 bridgehead atoms. The van der Waals surface area contributed by atoms with Crippen LogP contribution in [0.1, 0.15) is 5.56 Å². The molecule has 0 fully saturated rings. The van der Waals surface area contributed by atoms with E-state index < -0.39 is 12.0 Å². The van der Waals surface area contributed by atoms with E-state index in [1.54, 1.807) is 0 Å². The molecule has 0 saturated carbocycles. The van der Waals surface area contributed by atoms with Crippen molar-refractivity contribution in [2.45, 2.75) is 16.8 Å². The molecule has 3 aromatic rings. The van der Waals surface area contributed by atoms with Crippen molar-refractivity contribution in [2.75, 3.05) is 18.2 Å². The van der Waals surface area contributed by atoms with Gasteiger partial charge in [0.1, 0.15) is 6.04 Å². The molecule has 0 saturated heterocycles. The number of aromatic nitrogens is 2. The minimum Gasteiger partial charge on any atom is -0.467 e. The van der Waals surface area contributed by atoms with Crippen LogP contribution in [0.2, 0.25) is 0 Å². The minimum atomic E-state index is -0.736. The molecule has 1 atom stereocenters. The van der Waals surface area contributed by atoms with Gasteiger partial charge < -0.3 is 15.4 Å². The summed E-state index contributed by atoms with van der Waals surface area (Å²) in [4.78, 5) is 24.4. The summed E-state index contributed by atoms with van der Waals surface area (Å²) in [5.74, 6) is -0.617. The van der Waals surface area contributed by atoms with E-state index in [1.165, 1.54) is 30.2 Å². The molecule has 2 aromatic carbocycles. The average molecular weight is 429 g/mol. The molecule has 0 aliphatic rings. The van der Waals surface area contributed by atoms with E-state index in [-0.39, 0.29) is 11.7 Å². The quantitative estimate of drug-likeness (QED) is 0.399.